The van der Waals surface area contributed by atoms with Gasteiger partial charge in [-0.15, -0.1) is 0 Å². The SMILES string of the molecule is O=C(CCc1c(-c2ccc(F)cc2)[nH]c2ccc(F)cc12)N[C@@H]1CCS(=O)(=O)C1. The molecular weight excluding hydrogens is 398 g/mol. The van der Waals surface area contributed by atoms with E-state index in [0.29, 0.717) is 23.9 Å². The number of amides is 1. The van der Waals surface area contributed by atoms with Crippen molar-refractivity contribution < 1.29 is 22.0 Å². The summed E-state index contributed by atoms with van der Waals surface area (Å²) < 4.78 is 50.2. The summed E-state index contributed by atoms with van der Waals surface area (Å²) in [5.74, 6) is -0.929. The molecule has 0 unspecified atom stereocenters. The molecular formula is C21H20F2N2O3S. The van der Waals surface area contributed by atoms with Crippen LogP contribution in [0, 0.1) is 11.6 Å². The van der Waals surface area contributed by atoms with Gasteiger partial charge in [0.1, 0.15) is 11.6 Å². The lowest BCUT2D eigenvalue weighted by molar-refractivity contribution is -0.121. The van der Waals surface area contributed by atoms with Crippen LogP contribution in [-0.4, -0.2) is 36.9 Å². The molecule has 1 fully saturated rings. The Labute approximate surface area is 167 Å². The second-order valence-corrected chi connectivity index (χ2v) is 9.57. The Kier molecular flexibility index (Phi) is 5.12. The number of nitrogens with one attached hydrogen (secondary N) is 2. The fourth-order valence-electron chi connectivity index (χ4n) is 3.79. The summed E-state index contributed by atoms with van der Waals surface area (Å²) in [6.45, 7) is 0. The largest absolute Gasteiger partial charge is 0.354 e. The van der Waals surface area contributed by atoms with Gasteiger partial charge in [0.05, 0.1) is 11.5 Å². The monoisotopic (exact) mass is 418 g/mol. The van der Waals surface area contributed by atoms with Crippen LogP contribution in [0.4, 0.5) is 8.78 Å². The average molecular weight is 418 g/mol. The van der Waals surface area contributed by atoms with Gasteiger partial charge in [-0.1, -0.05) is 0 Å². The van der Waals surface area contributed by atoms with Crippen LogP contribution < -0.4 is 5.32 Å². The third-order valence-corrected chi connectivity index (χ3v) is 6.97. The standard InChI is InChI=1S/C21H20F2N2O3S/c22-14-3-1-13(2-4-14)21-17(18-11-15(23)5-7-19(18)25-21)6-8-20(26)24-16-9-10-29(27,28)12-16/h1-5,7,11,16,25H,6,8-10,12H2,(H,24,26)/t16-/m1/s1. The highest BCUT2D eigenvalue weighted by Gasteiger charge is 2.28. The molecule has 0 spiro atoms. The highest BCUT2D eigenvalue weighted by molar-refractivity contribution is 7.91. The molecule has 2 N–H and O–H groups in total. The highest BCUT2D eigenvalue weighted by atomic mass is 32.2. The van der Waals surface area contributed by atoms with Crippen LogP contribution >= 0.6 is 0 Å². The van der Waals surface area contributed by atoms with Crippen LogP contribution in [0.3, 0.4) is 0 Å². The number of aromatic amines is 1. The molecule has 0 radical (unpaired) electrons. The summed E-state index contributed by atoms with van der Waals surface area (Å²) in [5.41, 5.74) is 2.94. The molecule has 3 aromatic rings. The molecule has 1 saturated heterocycles. The van der Waals surface area contributed by atoms with Crippen LogP contribution in [-0.2, 0) is 21.1 Å². The molecule has 1 amide bonds. The van der Waals surface area contributed by atoms with E-state index >= 15 is 0 Å². The maximum Gasteiger partial charge on any atom is 0.220 e. The summed E-state index contributed by atoms with van der Waals surface area (Å²) >= 11 is 0. The first-order valence-electron chi connectivity index (χ1n) is 9.36. The number of H-pyrrole nitrogens is 1. The van der Waals surface area contributed by atoms with E-state index in [2.05, 4.69) is 10.3 Å². The number of fused-ring (bicyclic) bond motifs is 1. The fraction of sp³-hybridized carbons (Fsp3) is 0.286. The second-order valence-electron chi connectivity index (χ2n) is 7.34. The van der Waals surface area contributed by atoms with E-state index < -0.39 is 9.84 Å². The predicted octanol–water partition coefficient (Wildman–Crippen LogP) is 3.35. The average Bonchev–Trinajstić information content (AvgIpc) is 3.19. The molecule has 2 aromatic carbocycles. The van der Waals surface area contributed by atoms with Gasteiger partial charge in [0.2, 0.25) is 5.91 Å². The number of benzene rings is 2. The second kappa shape index (κ2) is 7.59. The normalized spacial score (nSPS) is 18.2. The van der Waals surface area contributed by atoms with Gasteiger partial charge in [-0.05, 0) is 66.4 Å². The predicted molar refractivity (Wildman–Crippen MR) is 107 cm³/mol. The molecule has 1 aromatic heterocycles. The Balaban J connectivity index is 1.58. The van der Waals surface area contributed by atoms with Crippen molar-refractivity contribution in [3.63, 3.8) is 0 Å². The van der Waals surface area contributed by atoms with Gasteiger partial charge in [0.15, 0.2) is 9.84 Å². The van der Waals surface area contributed by atoms with Crippen molar-refractivity contribution in [1.82, 2.24) is 10.3 Å². The number of halogens is 2. The number of aromatic nitrogens is 1. The Morgan fingerprint density at radius 1 is 1.10 bits per heavy atom. The van der Waals surface area contributed by atoms with Gasteiger partial charge >= 0.3 is 0 Å². The third kappa shape index (κ3) is 4.32. The molecule has 0 saturated carbocycles. The van der Waals surface area contributed by atoms with Crippen molar-refractivity contribution in [3.05, 3.63) is 59.7 Å². The minimum Gasteiger partial charge on any atom is -0.354 e. The number of rotatable bonds is 5. The lowest BCUT2D eigenvalue weighted by Gasteiger charge is -2.11. The maximum absolute atomic E-state index is 13.8. The Hall–Kier alpha value is -2.74. The van der Waals surface area contributed by atoms with Crippen molar-refractivity contribution in [1.29, 1.82) is 0 Å². The van der Waals surface area contributed by atoms with Crippen molar-refractivity contribution in [2.24, 2.45) is 0 Å². The van der Waals surface area contributed by atoms with Gasteiger partial charge < -0.3 is 10.3 Å². The highest BCUT2D eigenvalue weighted by Crippen LogP contribution is 2.32. The van der Waals surface area contributed by atoms with Gasteiger partial charge in [-0.3, -0.25) is 4.79 Å². The number of aryl methyl sites for hydroxylation is 1. The van der Waals surface area contributed by atoms with Gasteiger partial charge in [-0.2, -0.15) is 0 Å². The zero-order valence-electron chi connectivity index (χ0n) is 15.5. The first-order valence-corrected chi connectivity index (χ1v) is 11.2. The lowest BCUT2D eigenvalue weighted by atomic mass is 10.0. The number of hydrogen-bond donors (Lipinski definition) is 2. The first kappa shape index (κ1) is 19.6. The van der Waals surface area contributed by atoms with Crippen LogP contribution in [0.5, 0.6) is 0 Å². The molecule has 1 aliphatic heterocycles. The third-order valence-electron chi connectivity index (χ3n) is 5.20. The Morgan fingerprint density at radius 2 is 1.83 bits per heavy atom. The summed E-state index contributed by atoms with van der Waals surface area (Å²) in [6, 6.07) is 9.98. The molecule has 0 bridgehead atoms. The summed E-state index contributed by atoms with van der Waals surface area (Å²) in [6.07, 6.45) is 0.892. The quantitative estimate of drug-likeness (QED) is 0.667. The van der Waals surface area contributed by atoms with Crippen LogP contribution in [0.1, 0.15) is 18.4 Å². The van der Waals surface area contributed by atoms with Crippen molar-refractivity contribution in [2.45, 2.75) is 25.3 Å². The minimum atomic E-state index is -3.07. The van der Waals surface area contributed by atoms with E-state index in [0.717, 1.165) is 16.6 Å². The molecule has 5 nitrogen and oxygen atoms in total. The van der Waals surface area contributed by atoms with Crippen molar-refractivity contribution >= 4 is 26.6 Å². The maximum atomic E-state index is 13.8. The first-order chi connectivity index (χ1) is 13.8. The smallest absolute Gasteiger partial charge is 0.220 e. The molecule has 1 atom stereocenters. The van der Waals surface area contributed by atoms with E-state index in [1.807, 2.05) is 0 Å². The number of hydrogen-bond acceptors (Lipinski definition) is 3. The van der Waals surface area contributed by atoms with Gasteiger partial charge in [-0.25, -0.2) is 17.2 Å². The van der Waals surface area contributed by atoms with Crippen LogP contribution in [0.25, 0.3) is 22.2 Å². The van der Waals surface area contributed by atoms with E-state index in [-0.39, 0.29) is 41.5 Å². The zero-order chi connectivity index (χ0) is 20.6. The molecule has 1 aliphatic rings. The summed E-state index contributed by atoms with van der Waals surface area (Å²) in [5, 5.41) is 3.44. The zero-order valence-corrected chi connectivity index (χ0v) is 16.4. The molecule has 2 heterocycles. The summed E-state index contributed by atoms with van der Waals surface area (Å²) in [7, 11) is -3.07. The van der Waals surface area contributed by atoms with Gasteiger partial charge in [0, 0.05) is 29.1 Å². The molecule has 8 heteroatoms. The summed E-state index contributed by atoms with van der Waals surface area (Å²) in [4.78, 5) is 15.6. The van der Waals surface area contributed by atoms with E-state index in [9.17, 15) is 22.0 Å². The van der Waals surface area contributed by atoms with E-state index in [1.54, 1.807) is 18.2 Å². The van der Waals surface area contributed by atoms with Crippen LogP contribution in [0.2, 0.25) is 0 Å². The van der Waals surface area contributed by atoms with Crippen molar-refractivity contribution in [2.75, 3.05) is 11.5 Å². The molecule has 152 valence electrons. The fourth-order valence-corrected chi connectivity index (χ4v) is 5.46. The molecule has 4 rings (SSSR count). The lowest BCUT2D eigenvalue weighted by Crippen LogP contribution is -2.35. The number of carbonyl (C=O) groups is 1. The number of carbonyl (C=O) groups excluding carboxylic acids is 1. The minimum absolute atomic E-state index is 0.0299. The van der Waals surface area contributed by atoms with Crippen LogP contribution in [0.15, 0.2) is 42.5 Å². The van der Waals surface area contributed by atoms with Gasteiger partial charge in [0.25, 0.3) is 0 Å². The van der Waals surface area contributed by atoms with Crippen molar-refractivity contribution in [3.8, 4) is 11.3 Å². The van der Waals surface area contributed by atoms with E-state index in [1.165, 1.54) is 24.3 Å². The Bertz CT molecular complexity index is 1170. The van der Waals surface area contributed by atoms with E-state index in [4.69, 9.17) is 0 Å². The topological polar surface area (TPSA) is 79.0 Å². The number of sulfone groups is 1. The Morgan fingerprint density at radius 3 is 2.52 bits per heavy atom. The molecule has 29 heavy (non-hydrogen) atoms. The molecule has 0 aliphatic carbocycles.